The Kier molecular flexibility index (Phi) is 4.70. The van der Waals surface area contributed by atoms with Crippen molar-refractivity contribution in [3.63, 3.8) is 0 Å². The molecule has 4 rings (SSSR count). The molecule has 4 aromatic rings. The van der Waals surface area contributed by atoms with Gasteiger partial charge in [0.25, 0.3) is 0 Å². The van der Waals surface area contributed by atoms with Gasteiger partial charge in [-0.2, -0.15) is 0 Å². The van der Waals surface area contributed by atoms with Crippen LogP contribution in [-0.2, 0) is 11.2 Å². The van der Waals surface area contributed by atoms with E-state index in [1.165, 1.54) is 11.1 Å². The maximum Gasteiger partial charge on any atom is 0.229 e. The number of aromatic nitrogens is 2. The Balaban J connectivity index is 1.78. The molecule has 2 aromatic heterocycles. The zero-order valence-corrected chi connectivity index (χ0v) is 16.4. The highest BCUT2D eigenvalue weighted by molar-refractivity contribution is 5.95. The molecule has 1 amide bonds. The molecular weight excluding hydrogens is 346 g/mol. The van der Waals surface area contributed by atoms with Crippen LogP contribution >= 0.6 is 0 Å². The van der Waals surface area contributed by atoms with Gasteiger partial charge in [-0.15, -0.1) is 0 Å². The second kappa shape index (κ2) is 7.31. The summed E-state index contributed by atoms with van der Waals surface area (Å²) in [6.07, 6.45) is 2.29. The number of hydrogen-bond acceptors (Lipinski definition) is 2. The summed E-state index contributed by atoms with van der Waals surface area (Å²) in [4.78, 5) is 17.6. The molecule has 0 spiro atoms. The van der Waals surface area contributed by atoms with E-state index >= 15 is 0 Å². The monoisotopic (exact) mass is 369 g/mol. The maximum absolute atomic E-state index is 12.8. The Morgan fingerprint density at radius 2 is 1.64 bits per heavy atom. The fourth-order valence-corrected chi connectivity index (χ4v) is 3.54. The van der Waals surface area contributed by atoms with Gasteiger partial charge in [0.15, 0.2) is 0 Å². The lowest BCUT2D eigenvalue weighted by Crippen LogP contribution is -2.16. The van der Waals surface area contributed by atoms with Crippen molar-refractivity contribution in [1.82, 2.24) is 9.38 Å². The minimum Gasteiger partial charge on any atom is -0.310 e. The first kappa shape index (κ1) is 18.0. The quantitative estimate of drug-likeness (QED) is 0.543. The standard InChI is InChI=1S/C24H23N3O/c1-16-9-10-27-21(14-16)25-23(20-12-17(2)11-18(3)13-20)24(27)26-22(28)15-19-7-5-4-6-8-19/h4-14H,15H2,1-3H3,(H,26,28). The third kappa shape index (κ3) is 3.67. The number of rotatable bonds is 4. The summed E-state index contributed by atoms with van der Waals surface area (Å²) in [6.45, 7) is 6.19. The molecule has 0 atom stereocenters. The number of imidazole rings is 1. The molecule has 0 saturated heterocycles. The molecule has 0 aliphatic rings. The average Bonchev–Trinajstić information content (AvgIpc) is 2.99. The fourth-order valence-electron chi connectivity index (χ4n) is 3.54. The van der Waals surface area contributed by atoms with Crippen LogP contribution in [0, 0.1) is 20.8 Å². The van der Waals surface area contributed by atoms with Gasteiger partial charge in [0.1, 0.15) is 17.2 Å². The van der Waals surface area contributed by atoms with Gasteiger partial charge < -0.3 is 5.32 Å². The van der Waals surface area contributed by atoms with Crippen LogP contribution in [0.3, 0.4) is 0 Å². The number of anilines is 1. The van der Waals surface area contributed by atoms with Crippen LogP contribution in [0.4, 0.5) is 5.82 Å². The van der Waals surface area contributed by atoms with Crippen molar-refractivity contribution in [2.75, 3.05) is 5.32 Å². The maximum atomic E-state index is 12.8. The summed E-state index contributed by atoms with van der Waals surface area (Å²) in [5.74, 6) is 0.653. The number of nitrogens with zero attached hydrogens (tertiary/aromatic N) is 2. The average molecular weight is 369 g/mol. The van der Waals surface area contributed by atoms with Gasteiger partial charge in [-0.25, -0.2) is 4.98 Å². The smallest absolute Gasteiger partial charge is 0.229 e. The number of nitrogens with one attached hydrogen (secondary N) is 1. The summed E-state index contributed by atoms with van der Waals surface area (Å²) < 4.78 is 1.95. The number of aryl methyl sites for hydroxylation is 3. The number of hydrogen-bond donors (Lipinski definition) is 1. The molecule has 0 saturated carbocycles. The van der Waals surface area contributed by atoms with E-state index in [9.17, 15) is 4.79 Å². The van der Waals surface area contributed by atoms with Crippen molar-refractivity contribution in [1.29, 1.82) is 0 Å². The topological polar surface area (TPSA) is 46.4 Å². The lowest BCUT2D eigenvalue weighted by atomic mass is 10.0. The van der Waals surface area contributed by atoms with Gasteiger partial charge in [-0.1, -0.05) is 47.5 Å². The Bertz CT molecular complexity index is 1140. The molecule has 0 aliphatic carbocycles. The molecule has 28 heavy (non-hydrogen) atoms. The van der Waals surface area contributed by atoms with E-state index in [4.69, 9.17) is 4.98 Å². The molecule has 4 heteroatoms. The Hall–Kier alpha value is -3.40. The van der Waals surface area contributed by atoms with Crippen LogP contribution < -0.4 is 5.32 Å². The van der Waals surface area contributed by atoms with Gasteiger partial charge in [0.05, 0.1) is 6.42 Å². The number of carbonyl (C=O) groups excluding carboxylic acids is 1. The highest BCUT2D eigenvalue weighted by Crippen LogP contribution is 2.30. The van der Waals surface area contributed by atoms with E-state index in [0.29, 0.717) is 12.2 Å². The molecule has 0 unspecified atom stereocenters. The molecule has 2 heterocycles. The highest BCUT2D eigenvalue weighted by atomic mass is 16.1. The lowest BCUT2D eigenvalue weighted by molar-refractivity contribution is -0.115. The molecule has 0 aliphatic heterocycles. The largest absolute Gasteiger partial charge is 0.310 e. The Morgan fingerprint density at radius 1 is 0.929 bits per heavy atom. The van der Waals surface area contributed by atoms with E-state index in [-0.39, 0.29) is 5.91 Å². The molecule has 0 radical (unpaired) electrons. The lowest BCUT2D eigenvalue weighted by Gasteiger charge is -2.09. The third-order valence-corrected chi connectivity index (χ3v) is 4.74. The van der Waals surface area contributed by atoms with Crippen LogP contribution in [0.25, 0.3) is 16.9 Å². The van der Waals surface area contributed by atoms with Crippen LogP contribution in [-0.4, -0.2) is 15.3 Å². The van der Waals surface area contributed by atoms with Crippen molar-refractivity contribution in [2.24, 2.45) is 0 Å². The van der Waals surface area contributed by atoms with Crippen molar-refractivity contribution < 1.29 is 4.79 Å². The summed E-state index contributed by atoms with van der Waals surface area (Å²) in [7, 11) is 0. The molecule has 0 fully saturated rings. The predicted octanol–water partition coefficient (Wildman–Crippen LogP) is 5.11. The molecule has 2 aromatic carbocycles. The van der Waals surface area contributed by atoms with Crippen molar-refractivity contribution >= 4 is 17.4 Å². The molecule has 140 valence electrons. The first-order valence-corrected chi connectivity index (χ1v) is 9.41. The van der Waals surface area contributed by atoms with Gasteiger partial charge in [-0.05, 0) is 56.2 Å². The van der Waals surface area contributed by atoms with Gasteiger partial charge >= 0.3 is 0 Å². The van der Waals surface area contributed by atoms with E-state index in [0.717, 1.165) is 28.0 Å². The fraction of sp³-hybridized carbons (Fsp3) is 0.167. The summed E-state index contributed by atoms with van der Waals surface area (Å²) in [5, 5.41) is 3.10. The number of carbonyl (C=O) groups is 1. The summed E-state index contributed by atoms with van der Waals surface area (Å²) in [6, 6.07) is 20.2. The molecule has 4 nitrogen and oxygen atoms in total. The second-order valence-corrected chi connectivity index (χ2v) is 7.33. The minimum atomic E-state index is -0.0563. The number of pyridine rings is 1. The van der Waals surface area contributed by atoms with Gasteiger partial charge in [0.2, 0.25) is 5.91 Å². The van der Waals surface area contributed by atoms with Gasteiger partial charge in [-0.3, -0.25) is 9.20 Å². The summed E-state index contributed by atoms with van der Waals surface area (Å²) in [5.41, 5.74) is 7.08. The first-order chi connectivity index (χ1) is 13.5. The molecule has 0 bridgehead atoms. The van der Waals surface area contributed by atoms with E-state index < -0.39 is 0 Å². The molecule has 1 N–H and O–H groups in total. The first-order valence-electron chi connectivity index (χ1n) is 9.41. The zero-order valence-electron chi connectivity index (χ0n) is 16.4. The number of amides is 1. The SMILES string of the molecule is Cc1cc(C)cc(-c2nc3cc(C)ccn3c2NC(=O)Cc2ccccc2)c1. The van der Waals surface area contributed by atoms with E-state index in [1.807, 2.05) is 60.0 Å². The highest BCUT2D eigenvalue weighted by Gasteiger charge is 2.17. The normalized spacial score (nSPS) is 11.0. The van der Waals surface area contributed by atoms with Crippen LogP contribution in [0.15, 0.2) is 66.9 Å². The zero-order chi connectivity index (χ0) is 19.7. The third-order valence-electron chi connectivity index (χ3n) is 4.74. The molecular formula is C24H23N3O. The van der Waals surface area contributed by atoms with E-state index in [2.05, 4.69) is 37.4 Å². The van der Waals surface area contributed by atoms with Crippen LogP contribution in [0.1, 0.15) is 22.3 Å². The van der Waals surface area contributed by atoms with Crippen molar-refractivity contribution in [3.05, 3.63) is 89.1 Å². The number of benzene rings is 2. The van der Waals surface area contributed by atoms with E-state index in [1.54, 1.807) is 0 Å². The summed E-state index contributed by atoms with van der Waals surface area (Å²) >= 11 is 0. The second-order valence-electron chi connectivity index (χ2n) is 7.33. The van der Waals surface area contributed by atoms with Crippen molar-refractivity contribution in [2.45, 2.75) is 27.2 Å². The number of fused-ring (bicyclic) bond motifs is 1. The predicted molar refractivity (Wildman–Crippen MR) is 114 cm³/mol. The minimum absolute atomic E-state index is 0.0563. The Morgan fingerprint density at radius 3 is 2.36 bits per heavy atom. The van der Waals surface area contributed by atoms with Crippen molar-refractivity contribution in [3.8, 4) is 11.3 Å². The Labute approximate surface area is 164 Å². The van der Waals surface area contributed by atoms with Crippen LogP contribution in [0.2, 0.25) is 0 Å². The van der Waals surface area contributed by atoms with Gasteiger partial charge in [0, 0.05) is 11.8 Å². The van der Waals surface area contributed by atoms with Crippen LogP contribution in [0.5, 0.6) is 0 Å².